The van der Waals surface area contributed by atoms with E-state index < -0.39 is 0 Å². The predicted octanol–water partition coefficient (Wildman–Crippen LogP) is 3.91. The number of fused-ring (bicyclic) bond motifs is 2. The first-order valence-electron chi connectivity index (χ1n) is 12.0. The monoisotopic (exact) mass is 449 g/mol. The fourth-order valence-electron chi connectivity index (χ4n) is 4.98. The molecule has 6 nitrogen and oxygen atoms in total. The van der Waals surface area contributed by atoms with Crippen LogP contribution in [0, 0.1) is 6.92 Å². The zero-order valence-electron chi connectivity index (χ0n) is 19.9. The molecule has 1 aromatic heterocycles. The van der Waals surface area contributed by atoms with E-state index in [1.54, 1.807) is 0 Å². The lowest BCUT2D eigenvalue weighted by molar-refractivity contribution is 0.0945. The lowest BCUT2D eigenvalue weighted by Gasteiger charge is -2.33. The first-order chi connectivity index (χ1) is 15.9. The molecule has 176 valence electrons. The van der Waals surface area contributed by atoms with Crippen LogP contribution in [0.15, 0.2) is 41.2 Å². The van der Waals surface area contributed by atoms with Crippen molar-refractivity contribution in [2.45, 2.75) is 70.6 Å². The van der Waals surface area contributed by atoms with E-state index in [1.807, 2.05) is 31.2 Å². The number of carbonyl (C=O) groups is 1. The number of nitrogens with zero attached hydrogens (tertiary/aromatic N) is 1. The van der Waals surface area contributed by atoms with E-state index in [-0.39, 0.29) is 24.1 Å². The van der Waals surface area contributed by atoms with Gasteiger partial charge in [-0.3, -0.25) is 9.59 Å². The molecule has 1 fully saturated rings. The normalized spacial score (nSPS) is 22.4. The van der Waals surface area contributed by atoms with E-state index in [9.17, 15) is 9.59 Å². The third kappa shape index (κ3) is 5.56. The SMILES string of the molecule is Cc1cc2c(c(=O)[nH]1)CNC(=O)c1cccc(O[C@H]3CC[C@H](N(C)C)CC3)c1C/C=C/CC2. The van der Waals surface area contributed by atoms with E-state index in [0.29, 0.717) is 23.6 Å². The molecule has 0 radical (unpaired) electrons. The van der Waals surface area contributed by atoms with Gasteiger partial charge in [0.15, 0.2) is 0 Å². The van der Waals surface area contributed by atoms with Crippen molar-refractivity contribution in [3.63, 3.8) is 0 Å². The molecule has 0 unspecified atom stereocenters. The lowest BCUT2D eigenvalue weighted by atomic mass is 9.92. The van der Waals surface area contributed by atoms with Gasteiger partial charge < -0.3 is 19.9 Å². The number of carbonyl (C=O) groups excluding carboxylic acids is 1. The number of aryl methyl sites for hydroxylation is 2. The van der Waals surface area contributed by atoms with Gasteiger partial charge in [-0.1, -0.05) is 18.2 Å². The van der Waals surface area contributed by atoms with Gasteiger partial charge in [0.2, 0.25) is 0 Å². The smallest absolute Gasteiger partial charge is 0.253 e. The highest BCUT2D eigenvalue weighted by molar-refractivity contribution is 5.96. The molecule has 6 heteroatoms. The number of hydrogen-bond acceptors (Lipinski definition) is 4. The highest BCUT2D eigenvalue weighted by atomic mass is 16.5. The van der Waals surface area contributed by atoms with Crippen molar-refractivity contribution < 1.29 is 9.53 Å². The maximum absolute atomic E-state index is 13.2. The second kappa shape index (κ2) is 10.4. The Hall–Kier alpha value is -2.86. The molecule has 0 saturated heterocycles. The second-order valence-electron chi connectivity index (χ2n) is 9.48. The van der Waals surface area contributed by atoms with Crippen LogP contribution in [0.1, 0.15) is 64.8 Å². The van der Waals surface area contributed by atoms with Gasteiger partial charge in [0, 0.05) is 35.0 Å². The van der Waals surface area contributed by atoms with E-state index >= 15 is 0 Å². The lowest BCUT2D eigenvalue weighted by Crippen LogP contribution is -2.35. The van der Waals surface area contributed by atoms with Crippen molar-refractivity contribution in [3.05, 3.63) is 74.7 Å². The molecule has 2 aliphatic rings. The largest absolute Gasteiger partial charge is 0.490 e. The fraction of sp³-hybridized carbons (Fsp3) is 0.481. The number of pyridine rings is 1. The molecule has 0 bridgehead atoms. The quantitative estimate of drug-likeness (QED) is 0.697. The summed E-state index contributed by atoms with van der Waals surface area (Å²) in [5.41, 5.74) is 3.87. The minimum atomic E-state index is -0.174. The third-order valence-corrected chi connectivity index (χ3v) is 6.90. The molecule has 0 atom stereocenters. The molecule has 4 rings (SSSR count). The Morgan fingerprint density at radius 1 is 1.03 bits per heavy atom. The highest BCUT2D eigenvalue weighted by Crippen LogP contribution is 2.30. The summed E-state index contributed by atoms with van der Waals surface area (Å²) in [6.07, 6.45) is 11.0. The number of allylic oxidation sites excluding steroid dienone is 2. The predicted molar refractivity (Wildman–Crippen MR) is 131 cm³/mol. The summed E-state index contributed by atoms with van der Waals surface area (Å²) in [7, 11) is 4.28. The Morgan fingerprint density at radius 3 is 2.58 bits per heavy atom. The molecule has 1 saturated carbocycles. The Balaban J connectivity index is 1.57. The van der Waals surface area contributed by atoms with Crippen LogP contribution in [0.4, 0.5) is 0 Å². The van der Waals surface area contributed by atoms with Crippen LogP contribution < -0.4 is 15.6 Å². The van der Waals surface area contributed by atoms with Crippen molar-refractivity contribution in [1.82, 2.24) is 15.2 Å². The van der Waals surface area contributed by atoms with Crippen LogP contribution in [0.2, 0.25) is 0 Å². The average Bonchev–Trinajstić information content (AvgIpc) is 2.78. The topological polar surface area (TPSA) is 74.4 Å². The van der Waals surface area contributed by atoms with Crippen LogP contribution in [0.25, 0.3) is 0 Å². The van der Waals surface area contributed by atoms with E-state index in [2.05, 4.69) is 41.4 Å². The number of amides is 1. The van der Waals surface area contributed by atoms with Crippen molar-refractivity contribution in [3.8, 4) is 5.75 Å². The van der Waals surface area contributed by atoms with Gasteiger partial charge in [-0.05, 0) is 89.7 Å². The van der Waals surface area contributed by atoms with Crippen molar-refractivity contribution in [2.24, 2.45) is 0 Å². The number of ether oxygens (including phenoxy) is 1. The number of aromatic nitrogens is 1. The van der Waals surface area contributed by atoms with Gasteiger partial charge in [-0.25, -0.2) is 0 Å². The number of rotatable bonds is 3. The summed E-state index contributed by atoms with van der Waals surface area (Å²) in [6, 6.07) is 8.34. The average molecular weight is 450 g/mol. The van der Waals surface area contributed by atoms with Gasteiger partial charge in [0.25, 0.3) is 11.5 Å². The summed E-state index contributed by atoms with van der Waals surface area (Å²) < 4.78 is 6.46. The Labute approximate surface area is 196 Å². The maximum Gasteiger partial charge on any atom is 0.253 e. The molecule has 1 aliphatic carbocycles. The summed E-state index contributed by atoms with van der Waals surface area (Å²) in [4.78, 5) is 30.9. The molecule has 1 aromatic carbocycles. The van der Waals surface area contributed by atoms with Gasteiger partial charge in [0.05, 0.1) is 6.10 Å². The highest BCUT2D eigenvalue weighted by Gasteiger charge is 2.25. The number of nitrogens with one attached hydrogen (secondary N) is 2. The van der Waals surface area contributed by atoms with E-state index in [1.165, 1.54) is 0 Å². The first-order valence-corrected chi connectivity index (χ1v) is 12.0. The third-order valence-electron chi connectivity index (χ3n) is 6.90. The zero-order valence-corrected chi connectivity index (χ0v) is 19.9. The van der Waals surface area contributed by atoms with Gasteiger partial charge in [0.1, 0.15) is 5.75 Å². The number of benzene rings is 1. The number of aromatic amines is 1. The Kier molecular flexibility index (Phi) is 7.33. The zero-order chi connectivity index (χ0) is 23.4. The van der Waals surface area contributed by atoms with Crippen LogP contribution in [0.5, 0.6) is 5.75 Å². The molecule has 0 spiro atoms. The summed E-state index contributed by atoms with van der Waals surface area (Å²) in [5, 5.41) is 2.98. The maximum atomic E-state index is 13.2. The minimum absolute atomic E-state index is 0.128. The first kappa shape index (κ1) is 23.3. The number of H-pyrrole nitrogens is 1. The van der Waals surface area contributed by atoms with E-state index in [4.69, 9.17) is 4.74 Å². The van der Waals surface area contributed by atoms with E-state index in [0.717, 1.165) is 61.1 Å². The van der Waals surface area contributed by atoms with Crippen LogP contribution in [-0.4, -0.2) is 42.0 Å². The molecular weight excluding hydrogens is 414 g/mol. The van der Waals surface area contributed by atoms with Gasteiger partial charge in [-0.2, -0.15) is 0 Å². The van der Waals surface area contributed by atoms with Crippen molar-refractivity contribution in [1.29, 1.82) is 0 Å². The molecule has 2 heterocycles. The molecule has 1 amide bonds. The fourth-order valence-corrected chi connectivity index (χ4v) is 4.98. The molecule has 2 N–H and O–H groups in total. The van der Waals surface area contributed by atoms with Crippen molar-refractivity contribution >= 4 is 5.91 Å². The molecule has 1 aliphatic heterocycles. The summed E-state index contributed by atoms with van der Waals surface area (Å²) >= 11 is 0. The minimum Gasteiger partial charge on any atom is -0.490 e. The molecule has 2 aromatic rings. The molecular formula is C27H35N3O3. The van der Waals surface area contributed by atoms with Gasteiger partial charge in [-0.15, -0.1) is 0 Å². The van der Waals surface area contributed by atoms with Gasteiger partial charge >= 0.3 is 0 Å². The van der Waals surface area contributed by atoms with Crippen LogP contribution in [0.3, 0.4) is 0 Å². The summed E-state index contributed by atoms with van der Waals surface area (Å²) in [5.74, 6) is 0.623. The summed E-state index contributed by atoms with van der Waals surface area (Å²) in [6.45, 7) is 2.10. The second-order valence-corrected chi connectivity index (χ2v) is 9.48. The Bertz CT molecular complexity index is 1080. The van der Waals surface area contributed by atoms with Crippen LogP contribution in [-0.2, 0) is 19.4 Å². The molecule has 33 heavy (non-hydrogen) atoms. The standard InChI is InChI=1S/C27H35N3O3/c1-18-16-19-8-5-4-6-9-22-23(26(31)28-17-24(19)27(32)29-18)10-7-11-25(22)33-21-14-12-20(13-15-21)30(2)3/h4,6-7,10-11,16,20-21H,5,8-9,12-15,17H2,1-3H3,(H,28,31)(H,29,32)/b6-4+/t20-,21-. The number of hydrogen-bond donors (Lipinski definition) is 2. The van der Waals surface area contributed by atoms with Crippen molar-refractivity contribution in [2.75, 3.05) is 14.1 Å². The van der Waals surface area contributed by atoms with Crippen LogP contribution >= 0.6 is 0 Å². The Morgan fingerprint density at radius 2 is 1.82 bits per heavy atom.